The smallest absolute Gasteiger partial charge is 0.339 e. The summed E-state index contributed by atoms with van der Waals surface area (Å²) in [6, 6.07) is 10.2. The van der Waals surface area contributed by atoms with Crippen LogP contribution in [0.15, 0.2) is 36.4 Å². The Bertz CT molecular complexity index is 1000. The summed E-state index contributed by atoms with van der Waals surface area (Å²) in [6.45, 7) is 7.01. The molecule has 7 nitrogen and oxygen atoms in total. The number of benzene rings is 2. The summed E-state index contributed by atoms with van der Waals surface area (Å²) in [4.78, 5) is 40.5. The molecule has 0 bridgehead atoms. The standard InChI is InChI=1S/C24H27NO6/c1-13(2)16-7-5-8-17(14(3)4)21(16)25-22(28)18-9-6-10-19(20(18)23(25)29)24(30)31-12-15(27)11-26/h5-10,13-15,26-27H,11-12H2,1-4H3. The van der Waals surface area contributed by atoms with E-state index in [9.17, 15) is 19.5 Å². The first-order chi connectivity index (χ1) is 14.7. The summed E-state index contributed by atoms with van der Waals surface area (Å²) in [5, 5.41) is 18.3. The van der Waals surface area contributed by atoms with Gasteiger partial charge in [-0.05, 0) is 35.1 Å². The maximum Gasteiger partial charge on any atom is 0.339 e. The van der Waals surface area contributed by atoms with E-state index in [0.29, 0.717) is 5.69 Å². The van der Waals surface area contributed by atoms with Crippen LogP contribution < -0.4 is 4.90 Å². The molecule has 7 heteroatoms. The highest BCUT2D eigenvalue weighted by Gasteiger charge is 2.42. The Balaban J connectivity index is 2.10. The van der Waals surface area contributed by atoms with Gasteiger partial charge in [-0.3, -0.25) is 9.59 Å². The van der Waals surface area contributed by atoms with Gasteiger partial charge in [0.2, 0.25) is 0 Å². The summed E-state index contributed by atoms with van der Waals surface area (Å²) in [5.41, 5.74) is 2.39. The zero-order valence-electron chi connectivity index (χ0n) is 18.1. The Kier molecular flexibility index (Phi) is 6.57. The maximum absolute atomic E-state index is 13.5. The molecule has 2 N–H and O–H groups in total. The van der Waals surface area contributed by atoms with Crippen molar-refractivity contribution in [1.82, 2.24) is 0 Å². The lowest BCUT2D eigenvalue weighted by atomic mass is 9.92. The third-order valence-electron chi connectivity index (χ3n) is 5.32. The van der Waals surface area contributed by atoms with Gasteiger partial charge in [-0.1, -0.05) is 52.0 Å². The minimum atomic E-state index is -1.22. The summed E-state index contributed by atoms with van der Waals surface area (Å²) >= 11 is 0. The SMILES string of the molecule is CC(C)c1cccc(C(C)C)c1N1C(=O)c2cccc(C(=O)OCC(O)CO)c2C1=O. The number of aliphatic hydroxyl groups excluding tert-OH is 2. The summed E-state index contributed by atoms with van der Waals surface area (Å²) in [7, 11) is 0. The highest BCUT2D eigenvalue weighted by Crippen LogP contribution is 2.40. The highest BCUT2D eigenvalue weighted by atomic mass is 16.5. The van der Waals surface area contributed by atoms with Crippen molar-refractivity contribution in [2.24, 2.45) is 0 Å². The van der Waals surface area contributed by atoms with Gasteiger partial charge in [0.05, 0.1) is 29.0 Å². The minimum absolute atomic E-state index is 0.00995. The van der Waals surface area contributed by atoms with Crippen molar-refractivity contribution in [3.63, 3.8) is 0 Å². The number of anilines is 1. The summed E-state index contributed by atoms with van der Waals surface area (Å²) in [5.74, 6) is -1.76. The molecule has 2 aromatic carbocycles. The second kappa shape index (κ2) is 8.99. The second-order valence-corrected chi connectivity index (χ2v) is 8.20. The molecule has 0 saturated heterocycles. The fourth-order valence-electron chi connectivity index (χ4n) is 3.73. The van der Waals surface area contributed by atoms with Crippen LogP contribution in [0.5, 0.6) is 0 Å². The van der Waals surface area contributed by atoms with Gasteiger partial charge in [0.1, 0.15) is 12.7 Å². The summed E-state index contributed by atoms with van der Waals surface area (Å²) < 4.78 is 5.02. The average molecular weight is 425 g/mol. The molecular weight excluding hydrogens is 398 g/mol. The van der Waals surface area contributed by atoms with Crippen LogP contribution in [0.25, 0.3) is 0 Å². The van der Waals surface area contributed by atoms with E-state index < -0.39 is 37.1 Å². The molecule has 2 aromatic rings. The van der Waals surface area contributed by atoms with Crippen molar-refractivity contribution in [2.45, 2.75) is 45.6 Å². The van der Waals surface area contributed by atoms with Gasteiger partial charge in [0, 0.05) is 0 Å². The van der Waals surface area contributed by atoms with E-state index in [-0.39, 0.29) is 28.5 Å². The molecule has 0 aromatic heterocycles. The van der Waals surface area contributed by atoms with Gasteiger partial charge >= 0.3 is 5.97 Å². The van der Waals surface area contributed by atoms with E-state index in [1.165, 1.54) is 18.2 Å². The lowest BCUT2D eigenvalue weighted by Gasteiger charge is -2.25. The van der Waals surface area contributed by atoms with Crippen LogP contribution in [0.3, 0.4) is 0 Å². The minimum Gasteiger partial charge on any atom is -0.459 e. The van der Waals surface area contributed by atoms with Gasteiger partial charge in [-0.25, -0.2) is 9.69 Å². The summed E-state index contributed by atoms with van der Waals surface area (Å²) in [6.07, 6.45) is -1.22. The zero-order chi connectivity index (χ0) is 22.9. The van der Waals surface area contributed by atoms with Crippen LogP contribution in [-0.2, 0) is 4.74 Å². The first-order valence-corrected chi connectivity index (χ1v) is 10.3. The van der Waals surface area contributed by atoms with E-state index in [4.69, 9.17) is 9.84 Å². The molecule has 0 spiro atoms. The molecule has 0 fully saturated rings. The van der Waals surface area contributed by atoms with Crippen molar-refractivity contribution in [2.75, 3.05) is 18.1 Å². The second-order valence-electron chi connectivity index (χ2n) is 8.20. The topological polar surface area (TPSA) is 104 Å². The number of hydrogen-bond donors (Lipinski definition) is 2. The Morgan fingerprint density at radius 1 is 0.968 bits per heavy atom. The van der Waals surface area contributed by atoms with Crippen LogP contribution in [0, 0.1) is 0 Å². The number of ether oxygens (including phenoxy) is 1. The van der Waals surface area contributed by atoms with E-state index >= 15 is 0 Å². The number of imide groups is 1. The van der Waals surface area contributed by atoms with E-state index in [2.05, 4.69) is 0 Å². The van der Waals surface area contributed by atoms with Crippen molar-refractivity contribution in [3.8, 4) is 0 Å². The van der Waals surface area contributed by atoms with Crippen LogP contribution in [0.2, 0.25) is 0 Å². The van der Waals surface area contributed by atoms with Crippen molar-refractivity contribution in [1.29, 1.82) is 0 Å². The lowest BCUT2D eigenvalue weighted by Crippen LogP contribution is -2.32. The van der Waals surface area contributed by atoms with Crippen molar-refractivity contribution in [3.05, 3.63) is 64.2 Å². The third kappa shape index (κ3) is 4.11. The lowest BCUT2D eigenvalue weighted by molar-refractivity contribution is 0.00923. The van der Waals surface area contributed by atoms with E-state index in [0.717, 1.165) is 16.0 Å². The highest BCUT2D eigenvalue weighted by molar-refractivity contribution is 6.36. The molecule has 1 aliphatic rings. The van der Waals surface area contributed by atoms with Crippen LogP contribution in [0.1, 0.15) is 81.7 Å². The zero-order valence-corrected chi connectivity index (χ0v) is 18.1. The number of para-hydroxylation sites is 1. The average Bonchev–Trinajstić information content (AvgIpc) is 3.01. The largest absolute Gasteiger partial charge is 0.459 e. The number of amides is 2. The predicted octanol–water partition coefficient (Wildman–Crippen LogP) is 3.24. The molecular formula is C24H27NO6. The number of esters is 1. The molecule has 0 radical (unpaired) electrons. The molecule has 164 valence electrons. The van der Waals surface area contributed by atoms with Gasteiger partial charge < -0.3 is 14.9 Å². The fraction of sp³-hybridized carbons (Fsp3) is 0.375. The molecule has 0 saturated carbocycles. The molecule has 1 unspecified atom stereocenters. The molecule has 3 rings (SSSR count). The maximum atomic E-state index is 13.5. The van der Waals surface area contributed by atoms with Crippen LogP contribution >= 0.6 is 0 Å². The number of hydrogen-bond acceptors (Lipinski definition) is 6. The molecule has 1 atom stereocenters. The van der Waals surface area contributed by atoms with Crippen LogP contribution in [0.4, 0.5) is 5.69 Å². The van der Waals surface area contributed by atoms with Gasteiger partial charge in [-0.2, -0.15) is 0 Å². The van der Waals surface area contributed by atoms with Crippen molar-refractivity contribution < 1.29 is 29.3 Å². The monoisotopic (exact) mass is 425 g/mol. The van der Waals surface area contributed by atoms with Crippen molar-refractivity contribution >= 4 is 23.5 Å². The number of carbonyl (C=O) groups is 3. The fourth-order valence-corrected chi connectivity index (χ4v) is 3.73. The predicted molar refractivity (Wildman–Crippen MR) is 116 cm³/mol. The number of fused-ring (bicyclic) bond motifs is 1. The third-order valence-corrected chi connectivity index (χ3v) is 5.32. The molecule has 0 aliphatic carbocycles. The Morgan fingerprint density at radius 3 is 2.10 bits per heavy atom. The first-order valence-electron chi connectivity index (χ1n) is 10.3. The Hall–Kier alpha value is -3.03. The molecule has 1 aliphatic heterocycles. The van der Waals surface area contributed by atoms with Gasteiger partial charge in [-0.15, -0.1) is 0 Å². The normalized spacial score (nSPS) is 14.4. The number of aliphatic hydroxyl groups is 2. The quantitative estimate of drug-likeness (QED) is 0.521. The number of rotatable bonds is 7. The Labute approximate surface area is 181 Å². The first kappa shape index (κ1) is 22.7. The number of nitrogens with zero attached hydrogens (tertiary/aromatic N) is 1. The van der Waals surface area contributed by atoms with E-state index in [1.807, 2.05) is 45.9 Å². The van der Waals surface area contributed by atoms with E-state index in [1.54, 1.807) is 0 Å². The number of carbonyl (C=O) groups excluding carboxylic acids is 3. The molecule has 2 amide bonds. The van der Waals surface area contributed by atoms with Gasteiger partial charge in [0.15, 0.2) is 0 Å². The van der Waals surface area contributed by atoms with Crippen LogP contribution in [-0.4, -0.2) is 47.3 Å². The molecule has 1 heterocycles. The Morgan fingerprint density at radius 2 is 1.55 bits per heavy atom. The molecule has 31 heavy (non-hydrogen) atoms. The van der Waals surface area contributed by atoms with Gasteiger partial charge in [0.25, 0.3) is 11.8 Å².